The van der Waals surface area contributed by atoms with Crippen molar-refractivity contribution in [2.75, 3.05) is 83.6 Å². The Bertz CT molecular complexity index is 1170. The number of nitrogens with zero attached hydrogens (tertiary/aromatic N) is 10. The summed E-state index contributed by atoms with van der Waals surface area (Å²) in [4.78, 5) is 37.1. The van der Waals surface area contributed by atoms with Crippen molar-refractivity contribution < 1.29 is 0 Å². The summed E-state index contributed by atoms with van der Waals surface area (Å²) >= 11 is 0. The third-order valence-corrected chi connectivity index (χ3v) is 7.46. The molecule has 2 aromatic heterocycles. The van der Waals surface area contributed by atoms with Gasteiger partial charge in [-0.15, -0.1) is 0 Å². The second-order valence-electron chi connectivity index (χ2n) is 11.0. The highest BCUT2D eigenvalue weighted by Crippen LogP contribution is 2.21. The lowest BCUT2D eigenvalue weighted by Gasteiger charge is -2.24. The number of hydrogen-bond donors (Lipinski definition) is 2. The Hall–Kier alpha value is -3.96. The Morgan fingerprint density at radius 3 is 1.30 bits per heavy atom. The summed E-state index contributed by atoms with van der Waals surface area (Å²) in [6.45, 7) is 19.2. The van der Waals surface area contributed by atoms with E-state index in [1.807, 2.05) is 14.1 Å². The van der Waals surface area contributed by atoms with E-state index in [-0.39, 0.29) is 0 Å². The van der Waals surface area contributed by atoms with Crippen molar-refractivity contribution in [3.05, 3.63) is 35.4 Å². The Morgan fingerprint density at radius 1 is 0.545 bits per heavy atom. The number of hydrogen-bond acceptors (Lipinski definition) is 12. The molecule has 3 aromatic rings. The van der Waals surface area contributed by atoms with Gasteiger partial charge in [0.2, 0.25) is 35.7 Å². The summed E-state index contributed by atoms with van der Waals surface area (Å²) in [6.07, 6.45) is 4.36. The summed E-state index contributed by atoms with van der Waals surface area (Å²) < 4.78 is 0. The summed E-state index contributed by atoms with van der Waals surface area (Å²) in [5.41, 5.74) is 2.34. The number of aromatic nitrogens is 6. The van der Waals surface area contributed by atoms with Crippen LogP contribution >= 0.6 is 0 Å². The molecule has 12 heteroatoms. The monoisotopic (exact) mass is 606 g/mol. The topological polar surface area (TPSA) is 114 Å². The zero-order chi connectivity index (χ0) is 31.9. The van der Waals surface area contributed by atoms with Crippen molar-refractivity contribution in [1.29, 1.82) is 0 Å². The van der Waals surface area contributed by atoms with Crippen LogP contribution in [-0.4, -0.2) is 83.3 Å². The number of unbranched alkanes of at least 4 members (excludes halogenated alkanes) is 2. The van der Waals surface area contributed by atoms with Crippen LogP contribution in [0.5, 0.6) is 0 Å². The molecule has 2 N–H and O–H groups in total. The molecule has 1 aromatic carbocycles. The van der Waals surface area contributed by atoms with Crippen LogP contribution in [0.2, 0.25) is 0 Å². The van der Waals surface area contributed by atoms with Gasteiger partial charge in [0.15, 0.2) is 0 Å². The number of anilines is 6. The van der Waals surface area contributed by atoms with Crippen LogP contribution < -0.4 is 30.2 Å². The van der Waals surface area contributed by atoms with Crippen LogP contribution in [0.3, 0.4) is 0 Å². The van der Waals surface area contributed by atoms with E-state index in [0.29, 0.717) is 48.8 Å². The first-order valence-electron chi connectivity index (χ1n) is 16.3. The average molecular weight is 607 g/mol. The highest BCUT2D eigenvalue weighted by atomic mass is 15.4. The molecule has 3 rings (SSSR count). The van der Waals surface area contributed by atoms with E-state index in [2.05, 4.69) is 96.0 Å². The predicted molar refractivity (Wildman–Crippen MR) is 184 cm³/mol. The first kappa shape index (κ1) is 34.5. The largest absolute Gasteiger partial charge is 0.354 e. The fourth-order valence-corrected chi connectivity index (χ4v) is 4.77. The van der Waals surface area contributed by atoms with Gasteiger partial charge in [-0.25, -0.2) is 0 Å². The van der Waals surface area contributed by atoms with E-state index in [4.69, 9.17) is 29.9 Å². The van der Waals surface area contributed by atoms with E-state index in [1.165, 1.54) is 11.1 Å². The van der Waals surface area contributed by atoms with Gasteiger partial charge in [-0.05, 0) is 51.7 Å². The van der Waals surface area contributed by atoms with E-state index in [9.17, 15) is 0 Å². The fraction of sp³-hybridized carbons (Fsp3) is 0.625. The van der Waals surface area contributed by atoms with Crippen molar-refractivity contribution in [2.24, 2.45) is 0 Å². The van der Waals surface area contributed by atoms with Crippen molar-refractivity contribution >= 4 is 35.7 Å². The fourth-order valence-electron chi connectivity index (χ4n) is 4.77. The van der Waals surface area contributed by atoms with Gasteiger partial charge in [0, 0.05) is 66.5 Å². The summed E-state index contributed by atoms with van der Waals surface area (Å²) in [6, 6.07) is 8.62. The molecule has 0 radical (unpaired) electrons. The molecule has 0 saturated carbocycles. The van der Waals surface area contributed by atoms with E-state index in [0.717, 1.165) is 65.0 Å². The van der Waals surface area contributed by atoms with Crippen LogP contribution in [0.4, 0.5) is 35.7 Å². The molecule has 0 bridgehead atoms. The van der Waals surface area contributed by atoms with Crippen molar-refractivity contribution in [1.82, 2.24) is 29.9 Å². The van der Waals surface area contributed by atoms with Crippen LogP contribution in [0, 0.1) is 0 Å². The zero-order valence-corrected chi connectivity index (χ0v) is 28.3. The molecule has 0 atom stereocenters. The first-order valence-corrected chi connectivity index (χ1v) is 16.3. The lowest BCUT2D eigenvalue weighted by molar-refractivity contribution is 0.779. The molecule has 0 unspecified atom stereocenters. The number of benzene rings is 1. The van der Waals surface area contributed by atoms with Crippen molar-refractivity contribution in [3.8, 4) is 0 Å². The SMILES string of the molecule is CCCCNc1nc(N(C)Cc2cccc(CN(C)c3nc(NCCCC)nc(N(CC)CC)n3)c2)nc(N(CC)CC)n1. The molecular weight excluding hydrogens is 552 g/mol. The third kappa shape index (κ3) is 10.1. The van der Waals surface area contributed by atoms with Gasteiger partial charge in [-0.1, -0.05) is 51.0 Å². The quantitative estimate of drug-likeness (QED) is 0.160. The molecule has 0 aliphatic heterocycles. The smallest absolute Gasteiger partial charge is 0.232 e. The van der Waals surface area contributed by atoms with Gasteiger partial charge in [0.1, 0.15) is 0 Å². The highest BCUT2D eigenvalue weighted by molar-refractivity contribution is 5.47. The Balaban J connectivity index is 1.79. The minimum Gasteiger partial charge on any atom is -0.354 e. The number of nitrogens with one attached hydrogen (secondary N) is 2. The van der Waals surface area contributed by atoms with Crippen LogP contribution in [0.25, 0.3) is 0 Å². The maximum absolute atomic E-state index is 4.83. The maximum Gasteiger partial charge on any atom is 0.232 e. The van der Waals surface area contributed by atoms with Gasteiger partial charge >= 0.3 is 0 Å². The first-order chi connectivity index (χ1) is 21.3. The Kier molecular flexibility index (Phi) is 14.1. The second kappa shape index (κ2) is 18.0. The van der Waals surface area contributed by atoms with Gasteiger partial charge in [0.25, 0.3) is 0 Å². The molecule has 0 fully saturated rings. The van der Waals surface area contributed by atoms with Gasteiger partial charge < -0.3 is 30.2 Å². The molecular formula is C32H54N12. The Labute approximate surface area is 264 Å². The molecule has 0 aliphatic carbocycles. The van der Waals surface area contributed by atoms with Crippen LogP contribution in [0.15, 0.2) is 24.3 Å². The van der Waals surface area contributed by atoms with Gasteiger partial charge in [0.05, 0.1) is 0 Å². The molecule has 0 aliphatic rings. The normalized spacial score (nSPS) is 10.9. The van der Waals surface area contributed by atoms with Crippen LogP contribution in [0.1, 0.15) is 78.4 Å². The molecule has 0 spiro atoms. The second-order valence-corrected chi connectivity index (χ2v) is 11.0. The lowest BCUT2D eigenvalue weighted by atomic mass is 10.1. The van der Waals surface area contributed by atoms with E-state index in [1.54, 1.807) is 0 Å². The van der Waals surface area contributed by atoms with Gasteiger partial charge in [-0.3, -0.25) is 0 Å². The summed E-state index contributed by atoms with van der Waals surface area (Å²) in [7, 11) is 4.06. The minimum atomic E-state index is 0.623. The highest BCUT2D eigenvalue weighted by Gasteiger charge is 2.16. The molecule has 2 heterocycles. The maximum atomic E-state index is 4.83. The molecule has 0 amide bonds. The summed E-state index contributed by atoms with van der Waals surface area (Å²) in [5, 5.41) is 6.77. The standard InChI is InChI=1S/C32H54N12/c1-9-15-20-33-27-35-29(39-31(37-27)43(11-3)12-4)41(7)23-25-18-17-19-26(22-25)24-42(8)30-36-28(34-21-16-10-2)38-32(40-30)44(13-5)14-6/h17-19,22H,9-16,20-21,23-24H2,1-8H3,(H,33,35,37,39)(H,34,36,38,40). The minimum absolute atomic E-state index is 0.623. The average Bonchev–Trinajstić information content (AvgIpc) is 3.02. The summed E-state index contributed by atoms with van der Waals surface area (Å²) in [5.74, 6) is 3.95. The van der Waals surface area contributed by atoms with Crippen molar-refractivity contribution in [2.45, 2.75) is 80.3 Å². The number of rotatable bonds is 20. The zero-order valence-electron chi connectivity index (χ0n) is 28.3. The van der Waals surface area contributed by atoms with Crippen LogP contribution in [-0.2, 0) is 13.1 Å². The molecule has 12 nitrogen and oxygen atoms in total. The van der Waals surface area contributed by atoms with E-state index < -0.39 is 0 Å². The lowest BCUT2D eigenvalue weighted by Crippen LogP contribution is -2.28. The Morgan fingerprint density at radius 2 is 0.932 bits per heavy atom. The third-order valence-electron chi connectivity index (χ3n) is 7.46. The molecule has 242 valence electrons. The molecule has 0 saturated heterocycles. The predicted octanol–water partition coefficient (Wildman–Crippen LogP) is 5.45. The van der Waals surface area contributed by atoms with Gasteiger partial charge in [-0.2, -0.15) is 29.9 Å². The van der Waals surface area contributed by atoms with Crippen molar-refractivity contribution in [3.63, 3.8) is 0 Å². The van der Waals surface area contributed by atoms with E-state index >= 15 is 0 Å². The molecule has 44 heavy (non-hydrogen) atoms.